The lowest BCUT2D eigenvalue weighted by molar-refractivity contribution is 0.0958. The van der Waals surface area contributed by atoms with Crippen molar-refractivity contribution in [3.8, 4) is 17.6 Å². The highest BCUT2D eigenvalue weighted by molar-refractivity contribution is 5.94. The first-order valence-electron chi connectivity index (χ1n) is 7.84. The molecule has 25 heavy (non-hydrogen) atoms. The molecule has 0 fully saturated rings. The first-order chi connectivity index (χ1) is 12.2. The molecule has 3 aromatic carbocycles. The average Bonchev–Trinajstić information content (AvgIpc) is 2.65. The lowest BCUT2D eigenvalue weighted by atomic mass is 10.1. The molecule has 0 radical (unpaired) electrons. The minimum absolute atomic E-state index is 0.203. The van der Waals surface area contributed by atoms with Crippen LogP contribution in [0.15, 0.2) is 66.7 Å². The third kappa shape index (κ3) is 4.36. The van der Waals surface area contributed by atoms with Crippen LogP contribution in [0.3, 0.4) is 0 Å². The van der Waals surface area contributed by atoms with E-state index in [0.717, 1.165) is 16.5 Å². The van der Waals surface area contributed by atoms with Crippen molar-refractivity contribution in [2.24, 2.45) is 0 Å². The highest BCUT2D eigenvalue weighted by Gasteiger charge is 2.03. The summed E-state index contributed by atoms with van der Waals surface area (Å²) in [4.78, 5) is 11.8. The van der Waals surface area contributed by atoms with Gasteiger partial charge in [-0.2, -0.15) is 0 Å². The summed E-state index contributed by atoms with van der Waals surface area (Å²) in [6, 6.07) is 19.2. The number of rotatable bonds is 4. The van der Waals surface area contributed by atoms with E-state index in [-0.39, 0.29) is 24.9 Å². The van der Waals surface area contributed by atoms with Crippen LogP contribution in [0.2, 0.25) is 0 Å². The monoisotopic (exact) mass is 333 g/mol. The second-order valence-corrected chi connectivity index (χ2v) is 5.31. The van der Waals surface area contributed by atoms with Crippen LogP contribution in [0, 0.1) is 17.7 Å². The van der Waals surface area contributed by atoms with E-state index < -0.39 is 0 Å². The van der Waals surface area contributed by atoms with E-state index in [2.05, 4.69) is 17.2 Å². The van der Waals surface area contributed by atoms with Crippen molar-refractivity contribution in [1.82, 2.24) is 5.32 Å². The second kappa shape index (κ2) is 7.98. The largest absolute Gasteiger partial charge is 0.480 e. The smallest absolute Gasteiger partial charge is 0.252 e. The molecule has 0 heterocycles. The molecule has 0 atom stereocenters. The Bertz CT molecular complexity index is 934. The van der Waals surface area contributed by atoms with E-state index in [4.69, 9.17) is 4.74 Å². The van der Waals surface area contributed by atoms with Gasteiger partial charge in [0.05, 0.1) is 6.54 Å². The minimum Gasteiger partial charge on any atom is -0.480 e. The van der Waals surface area contributed by atoms with Crippen LogP contribution in [0.25, 0.3) is 10.8 Å². The fourth-order valence-corrected chi connectivity index (χ4v) is 2.38. The molecule has 1 amide bonds. The molecular weight excluding hydrogens is 317 g/mol. The third-order valence-corrected chi connectivity index (χ3v) is 3.62. The Kier molecular flexibility index (Phi) is 5.28. The molecule has 0 spiro atoms. The fraction of sp³-hybridized carbons (Fsp3) is 0.0952. The molecule has 0 aromatic heterocycles. The Balaban J connectivity index is 1.50. The summed E-state index contributed by atoms with van der Waals surface area (Å²) in [5.74, 6) is 5.82. The van der Waals surface area contributed by atoms with E-state index in [9.17, 15) is 9.18 Å². The van der Waals surface area contributed by atoms with E-state index in [0.29, 0.717) is 5.56 Å². The average molecular weight is 333 g/mol. The number of amides is 1. The molecule has 1 N–H and O–H groups in total. The van der Waals surface area contributed by atoms with Gasteiger partial charge >= 0.3 is 0 Å². The fourth-order valence-electron chi connectivity index (χ4n) is 2.38. The number of nitrogens with one attached hydrogen (secondary N) is 1. The Hall–Kier alpha value is -3.32. The number of benzene rings is 3. The maximum absolute atomic E-state index is 12.8. The molecule has 3 aromatic rings. The zero-order chi connectivity index (χ0) is 17.5. The van der Waals surface area contributed by atoms with Gasteiger partial charge in [-0.05, 0) is 35.7 Å². The summed E-state index contributed by atoms with van der Waals surface area (Å²) in [6.07, 6.45) is 0. The molecule has 4 heteroatoms. The number of carbonyl (C=O) groups excluding carboxylic acids is 1. The second-order valence-electron chi connectivity index (χ2n) is 5.31. The van der Waals surface area contributed by atoms with Gasteiger partial charge in [0, 0.05) is 10.9 Å². The first kappa shape index (κ1) is 16.5. The lowest BCUT2D eigenvalue weighted by Gasteiger charge is -2.06. The molecule has 0 aliphatic rings. The summed E-state index contributed by atoms with van der Waals surface area (Å²) in [7, 11) is 0. The van der Waals surface area contributed by atoms with Crippen LogP contribution in [0.1, 0.15) is 10.4 Å². The zero-order valence-corrected chi connectivity index (χ0v) is 13.5. The Morgan fingerprint density at radius 3 is 2.56 bits per heavy atom. The SMILES string of the molecule is O=C(NCC#CCOc1cccc2ccccc12)c1ccc(F)cc1. The van der Waals surface area contributed by atoms with Crippen LogP contribution >= 0.6 is 0 Å². The van der Waals surface area contributed by atoms with Crippen LogP contribution in [-0.4, -0.2) is 19.1 Å². The molecule has 0 unspecified atom stereocenters. The number of ether oxygens (including phenoxy) is 1. The van der Waals surface area contributed by atoms with Crippen molar-refractivity contribution in [3.05, 3.63) is 78.1 Å². The van der Waals surface area contributed by atoms with Crippen molar-refractivity contribution < 1.29 is 13.9 Å². The maximum atomic E-state index is 12.8. The van der Waals surface area contributed by atoms with Crippen molar-refractivity contribution >= 4 is 16.7 Å². The van der Waals surface area contributed by atoms with Crippen molar-refractivity contribution in [2.75, 3.05) is 13.2 Å². The Labute approximate surface area is 145 Å². The van der Waals surface area contributed by atoms with Crippen LogP contribution < -0.4 is 10.1 Å². The van der Waals surface area contributed by atoms with Gasteiger partial charge in [-0.15, -0.1) is 0 Å². The number of hydrogen-bond donors (Lipinski definition) is 1. The number of halogens is 1. The van der Waals surface area contributed by atoms with Crippen molar-refractivity contribution in [3.63, 3.8) is 0 Å². The van der Waals surface area contributed by atoms with Gasteiger partial charge in [0.15, 0.2) is 0 Å². The van der Waals surface area contributed by atoms with E-state index in [1.54, 1.807) is 0 Å². The van der Waals surface area contributed by atoms with Gasteiger partial charge in [0.2, 0.25) is 0 Å². The molecule has 124 valence electrons. The molecule has 0 saturated heterocycles. The molecule has 0 bridgehead atoms. The highest BCUT2D eigenvalue weighted by Crippen LogP contribution is 2.24. The van der Waals surface area contributed by atoms with E-state index >= 15 is 0 Å². The number of carbonyl (C=O) groups is 1. The summed E-state index contributed by atoms with van der Waals surface area (Å²) < 4.78 is 18.5. The highest BCUT2D eigenvalue weighted by atomic mass is 19.1. The summed E-state index contributed by atoms with van der Waals surface area (Å²) >= 11 is 0. The predicted molar refractivity (Wildman–Crippen MR) is 96.0 cm³/mol. The third-order valence-electron chi connectivity index (χ3n) is 3.62. The molecule has 0 aliphatic carbocycles. The Morgan fingerprint density at radius 2 is 1.72 bits per heavy atom. The molecular formula is C21H16FNO2. The number of fused-ring (bicyclic) bond motifs is 1. The quantitative estimate of drug-likeness (QED) is 0.738. The normalized spacial score (nSPS) is 9.96. The lowest BCUT2D eigenvalue weighted by Crippen LogP contribution is -2.23. The summed E-state index contributed by atoms with van der Waals surface area (Å²) in [5, 5.41) is 4.81. The van der Waals surface area contributed by atoms with E-state index in [1.165, 1.54) is 24.3 Å². The summed E-state index contributed by atoms with van der Waals surface area (Å²) in [6.45, 7) is 0.440. The van der Waals surface area contributed by atoms with Gasteiger partial charge in [-0.25, -0.2) is 4.39 Å². The number of hydrogen-bond acceptors (Lipinski definition) is 2. The van der Waals surface area contributed by atoms with Crippen LogP contribution in [-0.2, 0) is 0 Å². The predicted octanol–water partition coefficient (Wildman–Crippen LogP) is 3.79. The van der Waals surface area contributed by atoms with Gasteiger partial charge < -0.3 is 10.1 Å². The standard InChI is InChI=1S/C21H16FNO2/c22-18-12-10-17(11-13-18)21(24)23-14-3-4-15-25-20-9-5-7-16-6-1-2-8-19(16)20/h1-2,5-13H,14-15H2,(H,23,24). The first-order valence-corrected chi connectivity index (χ1v) is 7.84. The molecule has 3 rings (SSSR count). The maximum Gasteiger partial charge on any atom is 0.252 e. The Morgan fingerprint density at radius 1 is 0.960 bits per heavy atom. The zero-order valence-electron chi connectivity index (χ0n) is 13.5. The van der Waals surface area contributed by atoms with Crippen LogP contribution in [0.5, 0.6) is 5.75 Å². The van der Waals surface area contributed by atoms with Crippen molar-refractivity contribution in [2.45, 2.75) is 0 Å². The minimum atomic E-state index is -0.373. The molecule has 0 aliphatic heterocycles. The van der Waals surface area contributed by atoms with Crippen LogP contribution in [0.4, 0.5) is 4.39 Å². The van der Waals surface area contributed by atoms with E-state index in [1.807, 2.05) is 42.5 Å². The van der Waals surface area contributed by atoms with Gasteiger partial charge in [0.1, 0.15) is 18.2 Å². The van der Waals surface area contributed by atoms with Gasteiger partial charge in [-0.3, -0.25) is 4.79 Å². The van der Waals surface area contributed by atoms with Gasteiger partial charge in [-0.1, -0.05) is 48.2 Å². The van der Waals surface area contributed by atoms with Gasteiger partial charge in [0.25, 0.3) is 5.91 Å². The summed E-state index contributed by atoms with van der Waals surface area (Å²) in [5.41, 5.74) is 0.398. The molecule has 3 nitrogen and oxygen atoms in total. The molecule has 0 saturated carbocycles. The topological polar surface area (TPSA) is 38.3 Å². The van der Waals surface area contributed by atoms with Crippen molar-refractivity contribution in [1.29, 1.82) is 0 Å².